The van der Waals surface area contributed by atoms with Gasteiger partial charge in [0.2, 0.25) is 0 Å². The Hall–Kier alpha value is -1.12. The first-order chi connectivity index (χ1) is 15.3. The van der Waals surface area contributed by atoms with Crippen molar-refractivity contribution >= 4 is 11.8 Å². The van der Waals surface area contributed by atoms with Gasteiger partial charge in [0, 0.05) is 11.8 Å². The molecule has 0 saturated heterocycles. The van der Waals surface area contributed by atoms with Gasteiger partial charge in [0.25, 0.3) is 0 Å². The third kappa shape index (κ3) is 2.69. The maximum Gasteiger partial charge on any atom is 0.309 e. The van der Waals surface area contributed by atoms with Crippen LogP contribution in [0.15, 0.2) is 12.2 Å². The fourth-order valence-electron chi connectivity index (χ4n) is 11.3. The Kier molecular flexibility index (Phi) is 4.99. The first kappa shape index (κ1) is 23.6. The van der Waals surface area contributed by atoms with Crippen molar-refractivity contribution in [3.63, 3.8) is 0 Å². The average Bonchev–Trinajstić information content (AvgIpc) is 3.13. The molecule has 9 atom stereocenters. The van der Waals surface area contributed by atoms with E-state index in [0.717, 1.165) is 51.4 Å². The van der Waals surface area contributed by atoms with E-state index in [0.29, 0.717) is 29.5 Å². The highest BCUT2D eigenvalue weighted by Crippen LogP contribution is 2.77. The molecular formula is C30H46O3. The Bertz CT molecular complexity index is 902. The summed E-state index contributed by atoms with van der Waals surface area (Å²) >= 11 is 0. The van der Waals surface area contributed by atoms with Crippen LogP contribution in [0.3, 0.4) is 0 Å². The fraction of sp³-hybridized carbons (Fsp3) is 0.867. The predicted molar refractivity (Wildman–Crippen MR) is 132 cm³/mol. The van der Waals surface area contributed by atoms with Crippen LogP contribution in [-0.4, -0.2) is 16.9 Å². The molecule has 184 valence electrons. The van der Waals surface area contributed by atoms with E-state index in [1.54, 1.807) is 0 Å². The van der Waals surface area contributed by atoms with E-state index in [2.05, 4.69) is 48.1 Å². The molecule has 33 heavy (non-hydrogen) atoms. The molecular weight excluding hydrogens is 408 g/mol. The maximum atomic E-state index is 12.9. The molecule has 0 aliphatic heterocycles. The number of carbonyl (C=O) groups excluding carboxylic acids is 1. The van der Waals surface area contributed by atoms with Gasteiger partial charge in [-0.3, -0.25) is 9.59 Å². The molecule has 3 nitrogen and oxygen atoms in total. The number of carboxylic acids is 1. The molecule has 5 rings (SSSR count). The number of carbonyl (C=O) groups is 2. The molecule has 1 N–H and O–H groups in total. The highest BCUT2D eigenvalue weighted by atomic mass is 16.4. The Morgan fingerprint density at radius 2 is 1.58 bits per heavy atom. The van der Waals surface area contributed by atoms with Gasteiger partial charge in [0.15, 0.2) is 0 Å². The van der Waals surface area contributed by atoms with Gasteiger partial charge < -0.3 is 5.11 Å². The van der Waals surface area contributed by atoms with Gasteiger partial charge in [0.05, 0.1) is 5.41 Å². The summed E-state index contributed by atoms with van der Waals surface area (Å²) in [6.07, 6.45) is 10.1. The second-order valence-corrected chi connectivity index (χ2v) is 14.3. The van der Waals surface area contributed by atoms with Crippen LogP contribution in [0.25, 0.3) is 0 Å². The quantitative estimate of drug-likeness (QED) is 0.445. The van der Waals surface area contributed by atoms with E-state index in [1.165, 1.54) is 18.4 Å². The molecule has 0 spiro atoms. The number of carboxylic acid groups (broad SMARTS) is 1. The van der Waals surface area contributed by atoms with Crippen LogP contribution in [0.4, 0.5) is 0 Å². The van der Waals surface area contributed by atoms with Crippen molar-refractivity contribution in [1.82, 2.24) is 0 Å². The molecule has 0 amide bonds. The lowest BCUT2D eigenvalue weighted by molar-refractivity contribution is -0.235. The van der Waals surface area contributed by atoms with E-state index in [1.807, 2.05) is 0 Å². The molecule has 5 aliphatic rings. The second kappa shape index (κ2) is 6.97. The summed E-state index contributed by atoms with van der Waals surface area (Å²) in [5, 5.41) is 10.5. The standard InChI is InChI=1S/C30H46O3/c1-18(2)19-10-15-30(25(32)33)17-16-28(6)20(24(19)30)8-9-22-27(5)13-12-23(31)26(3,4)21(27)11-14-29(22,28)7/h19-22,24H,1,8-17H2,2-7H3,(H,32,33)/t19-,20?,21?,22?,24?,27+,28-,29-,30+/m1/s1. The molecule has 0 heterocycles. The molecule has 5 saturated carbocycles. The molecule has 5 aliphatic carbocycles. The van der Waals surface area contributed by atoms with Crippen LogP contribution >= 0.6 is 0 Å². The van der Waals surface area contributed by atoms with Gasteiger partial charge in [-0.2, -0.15) is 0 Å². The van der Waals surface area contributed by atoms with Gasteiger partial charge in [0.1, 0.15) is 5.78 Å². The highest BCUT2D eigenvalue weighted by Gasteiger charge is 2.72. The summed E-state index contributed by atoms with van der Waals surface area (Å²) < 4.78 is 0. The van der Waals surface area contributed by atoms with Crippen molar-refractivity contribution in [2.24, 2.45) is 56.7 Å². The smallest absolute Gasteiger partial charge is 0.309 e. The molecule has 0 radical (unpaired) electrons. The van der Waals surface area contributed by atoms with Crippen molar-refractivity contribution in [1.29, 1.82) is 0 Å². The maximum absolute atomic E-state index is 12.9. The number of ketones is 1. The van der Waals surface area contributed by atoms with E-state index >= 15 is 0 Å². The van der Waals surface area contributed by atoms with Crippen molar-refractivity contribution in [2.75, 3.05) is 0 Å². The first-order valence-corrected chi connectivity index (χ1v) is 13.7. The van der Waals surface area contributed by atoms with Crippen molar-refractivity contribution in [3.8, 4) is 0 Å². The minimum absolute atomic E-state index is 0.164. The molecule has 0 aromatic carbocycles. The van der Waals surface area contributed by atoms with Crippen LogP contribution in [-0.2, 0) is 9.59 Å². The summed E-state index contributed by atoms with van der Waals surface area (Å²) in [5.74, 6) is 2.07. The van der Waals surface area contributed by atoms with Crippen LogP contribution in [0.5, 0.6) is 0 Å². The number of fused-ring (bicyclic) bond motifs is 7. The van der Waals surface area contributed by atoms with E-state index in [9.17, 15) is 14.7 Å². The topological polar surface area (TPSA) is 54.4 Å². The van der Waals surface area contributed by atoms with Crippen molar-refractivity contribution < 1.29 is 14.7 Å². The largest absolute Gasteiger partial charge is 0.481 e. The van der Waals surface area contributed by atoms with Crippen LogP contribution in [0, 0.1) is 56.7 Å². The van der Waals surface area contributed by atoms with Gasteiger partial charge in [-0.05, 0) is 111 Å². The molecule has 5 fully saturated rings. The molecule has 0 aromatic rings. The van der Waals surface area contributed by atoms with Crippen molar-refractivity contribution in [2.45, 2.75) is 106 Å². The van der Waals surface area contributed by atoms with Gasteiger partial charge >= 0.3 is 5.97 Å². The summed E-state index contributed by atoms with van der Waals surface area (Å²) in [5.41, 5.74) is 1.03. The van der Waals surface area contributed by atoms with Gasteiger partial charge in [-0.25, -0.2) is 0 Å². The molecule has 0 aromatic heterocycles. The average molecular weight is 455 g/mol. The molecule has 4 unspecified atom stereocenters. The zero-order chi connectivity index (χ0) is 24.2. The van der Waals surface area contributed by atoms with Gasteiger partial charge in [-0.1, -0.05) is 46.8 Å². The Balaban J connectivity index is 1.57. The van der Waals surface area contributed by atoms with Gasteiger partial charge in [-0.15, -0.1) is 0 Å². The fourth-order valence-corrected chi connectivity index (χ4v) is 11.3. The Morgan fingerprint density at radius 3 is 2.21 bits per heavy atom. The third-order valence-corrected chi connectivity index (χ3v) is 13.2. The summed E-state index contributed by atoms with van der Waals surface area (Å²) in [6.45, 7) is 18.5. The minimum Gasteiger partial charge on any atom is -0.481 e. The number of hydrogen-bond donors (Lipinski definition) is 1. The van der Waals surface area contributed by atoms with E-state index in [-0.39, 0.29) is 27.6 Å². The molecule has 3 heteroatoms. The second-order valence-electron chi connectivity index (χ2n) is 14.3. The Morgan fingerprint density at radius 1 is 0.879 bits per heavy atom. The van der Waals surface area contributed by atoms with Crippen LogP contribution < -0.4 is 0 Å². The minimum atomic E-state index is -0.547. The number of Topliss-reactive ketones (excluding diaryl/α,β-unsaturated/α-hetero) is 1. The van der Waals surface area contributed by atoms with Crippen LogP contribution in [0.1, 0.15) is 106 Å². The summed E-state index contributed by atoms with van der Waals surface area (Å²) in [6, 6.07) is 0. The monoisotopic (exact) mass is 454 g/mol. The number of hydrogen-bond acceptors (Lipinski definition) is 2. The van der Waals surface area contributed by atoms with E-state index < -0.39 is 11.4 Å². The number of allylic oxidation sites excluding steroid dienone is 1. The SMILES string of the molecule is C=C(C)[C@H]1CC[C@]2(C(=O)O)CC[C@]3(C)C(CCC4[C@@]5(C)CCC(=O)C(C)(C)C5CC[C@]43C)C12. The lowest BCUT2D eigenvalue weighted by Crippen LogP contribution is -2.66. The van der Waals surface area contributed by atoms with Crippen molar-refractivity contribution in [3.05, 3.63) is 12.2 Å². The third-order valence-electron chi connectivity index (χ3n) is 13.2. The zero-order valence-electron chi connectivity index (χ0n) is 21.9. The zero-order valence-corrected chi connectivity index (χ0v) is 21.9. The first-order valence-electron chi connectivity index (χ1n) is 13.7. The summed E-state index contributed by atoms with van der Waals surface area (Å²) in [7, 11) is 0. The lowest BCUT2D eigenvalue weighted by atomic mass is 9.32. The van der Waals surface area contributed by atoms with Crippen LogP contribution in [0.2, 0.25) is 0 Å². The van der Waals surface area contributed by atoms with E-state index in [4.69, 9.17) is 0 Å². The normalized spacial score (nSPS) is 52.8. The molecule has 0 bridgehead atoms. The lowest BCUT2D eigenvalue weighted by Gasteiger charge is -2.72. The Labute approximate surface area is 201 Å². The highest BCUT2D eigenvalue weighted by molar-refractivity contribution is 5.85. The number of rotatable bonds is 2. The number of aliphatic carboxylic acids is 1. The summed E-state index contributed by atoms with van der Waals surface area (Å²) in [4.78, 5) is 25.7. The predicted octanol–water partition coefficient (Wildman–Crippen LogP) is 7.30.